The minimum atomic E-state index is -0.766. The lowest BCUT2D eigenvalue weighted by Gasteiger charge is -2.17. The first-order chi connectivity index (χ1) is 12.1. The summed E-state index contributed by atoms with van der Waals surface area (Å²) in [6.07, 6.45) is 0. The molecule has 2 aromatic carbocycles. The zero-order chi connectivity index (χ0) is 17.4. The van der Waals surface area contributed by atoms with Gasteiger partial charge in [-0.1, -0.05) is 0 Å². The number of carbonyl (C=O) groups excluding carboxylic acids is 1. The van der Waals surface area contributed by atoms with Gasteiger partial charge >= 0.3 is 0 Å². The second-order valence-electron chi connectivity index (χ2n) is 6.59. The number of fused-ring (bicyclic) bond motifs is 1. The van der Waals surface area contributed by atoms with Crippen molar-refractivity contribution in [3.05, 3.63) is 59.7 Å². The second kappa shape index (κ2) is 6.44. The lowest BCUT2D eigenvalue weighted by molar-refractivity contribution is 0.0781. The molecule has 0 saturated carbocycles. The van der Waals surface area contributed by atoms with E-state index in [-0.39, 0.29) is 11.7 Å². The summed E-state index contributed by atoms with van der Waals surface area (Å²) in [5, 5.41) is 3.35. The maximum atomic E-state index is 13.6. The standard InChI is InChI=1S/C19H18F2N2O2/c20-15-3-6-18(17(21)7-15)25-16-4-1-12(2-5-16)19(24)23-10-13-8-22-9-14(13)11-23/h1-7,13-14,22H,8-11H2/t13-,14+. The van der Waals surface area contributed by atoms with E-state index >= 15 is 0 Å². The van der Waals surface area contributed by atoms with E-state index in [1.807, 2.05) is 4.90 Å². The molecule has 0 unspecified atom stereocenters. The normalized spacial score (nSPS) is 22.1. The summed E-state index contributed by atoms with van der Waals surface area (Å²) in [6, 6.07) is 9.72. The Hall–Kier alpha value is -2.47. The van der Waals surface area contributed by atoms with E-state index in [1.165, 1.54) is 6.07 Å². The Morgan fingerprint density at radius 1 is 1.04 bits per heavy atom. The quantitative estimate of drug-likeness (QED) is 0.931. The van der Waals surface area contributed by atoms with Gasteiger partial charge in [0.1, 0.15) is 11.6 Å². The van der Waals surface area contributed by atoms with Crippen molar-refractivity contribution < 1.29 is 18.3 Å². The molecule has 4 nitrogen and oxygen atoms in total. The molecule has 2 heterocycles. The van der Waals surface area contributed by atoms with Gasteiger partial charge in [0.25, 0.3) is 5.91 Å². The predicted molar refractivity (Wildman–Crippen MR) is 88.6 cm³/mol. The van der Waals surface area contributed by atoms with Crippen molar-refractivity contribution in [1.29, 1.82) is 0 Å². The second-order valence-corrected chi connectivity index (χ2v) is 6.59. The van der Waals surface area contributed by atoms with E-state index in [0.717, 1.165) is 38.3 Å². The molecule has 6 heteroatoms. The first-order valence-corrected chi connectivity index (χ1v) is 8.33. The van der Waals surface area contributed by atoms with Gasteiger partial charge in [-0.05, 0) is 48.2 Å². The highest BCUT2D eigenvalue weighted by Crippen LogP contribution is 2.29. The number of amides is 1. The molecule has 0 bridgehead atoms. The molecule has 4 rings (SSSR count). The van der Waals surface area contributed by atoms with Crippen LogP contribution in [0.2, 0.25) is 0 Å². The van der Waals surface area contributed by atoms with Crippen LogP contribution >= 0.6 is 0 Å². The number of halogens is 2. The highest BCUT2D eigenvalue weighted by atomic mass is 19.1. The molecule has 2 atom stereocenters. The fourth-order valence-electron chi connectivity index (χ4n) is 3.55. The third-order valence-corrected chi connectivity index (χ3v) is 4.90. The van der Waals surface area contributed by atoms with Crippen molar-refractivity contribution in [2.75, 3.05) is 26.2 Å². The van der Waals surface area contributed by atoms with Crippen molar-refractivity contribution in [2.24, 2.45) is 11.8 Å². The van der Waals surface area contributed by atoms with Crippen LogP contribution < -0.4 is 10.1 Å². The number of carbonyl (C=O) groups is 1. The van der Waals surface area contributed by atoms with E-state index in [9.17, 15) is 13.6 Å². The van der Waals surface area contributed by atoms with E-state index < -0.39 is 11.6 Å². The zero-order valence-corrected chi connectivity index (χ0v) is 13.5. The first kappa shape index (κ1) is 16.0. The van der Waals surface area contributed by atoms with E-state index in [0.29, 0.717) is 23.1 Å². The number of hydrogen-bond acceptors (Lipinski definition) is 3. The van der Waals surface area contributed by atoms with Crippen LogP contribution in [-0.2, 0) is 0 Å². The summed E-state index contributed by atoms with van der Waals surface area (Å²) in [5.74, 6) is 0.0218. The van der Waals surface area contributed by atoms with Crippen molar-refractivity contribution in [1.82, 2.24) is 10.2 Å². The van der Waals surface area contributed by atoms with Gasteiger partial charge in [-0.25, -0.2) is 8.78 Å². The third-order valence-electron chi connectivity index (χ3n) is 4.90. The fraction of sp³-hybridized carbons (Fsp3) is 0.316. The molecule has 2 aliphatic heterocycles. The fourth-order valence-corrected chi connectivity index (χ4v) is 3.55. The molecule has 2 aromatic rings. The zero-order valence-electron chi connectivity index (χ0n) is 13.5. The average Bonchev–Trinajstić information content (AvgIpc) is 3.19. The summed E-state index contributed by atoms with van der Waals surface area (Å²) >= 11 is 0. The van der Waals surface area contributed by atoms with Crippen LogP contribution in [0, 0.1) is 23.5 Å². The molecule has 0 spiro atoms. The molecule has 2 fully saturated rings. The van der Waals surface area contributed by atoms with Crippen molar-refractivity contribution in [3.63, 3.8) is 0 Å². The molecule has 1 N–H and O–H groups in total. The molecular weight excluding hydrogens is 326 g/mol. The highest BCUT2D eigenvalue weighted by Gasteiger charge is 2.38. The third kappa shape index (κ3) is 3.22. The lowest BCUT2D eigenvalue weighted by Crippen LogP contribution is -2.31. The molecule has 0 radical (unpaired) electrons. The summed E-state index contributed by atoms with van der Waals surface area (Å²) in [4.78, 5) is 14.5. The van der Waals surface area contributed by atoms with E-state index in [1.54, 1.807) is 24.3 Å². The van der Waals surface area contributed by atoms with E-state index in [2.05, 4.69) is 5.32 Å². The maximum absolute atomic E-state index is 13.6. The smallest absolute Gasteiger partial charge is 0.253 e. The monoisotopic (exact) mass is 344 g/mol. The van der Waals surface area contributed by atoms with Crippen LogP contribution in [0.5, 0.6) is 11.5 Å². The van der Waals surface area contributed by atoms with Gasteiger partial charge < -0.3 is 15.0 Å². The van der Waals surface area contributed by atoms with Crippen LogP contribution in [0.3, 0.4) is 0 Å². The number of benzene rings is 2. The molecule has 2 aliphatic rings. The number of rotatable bonds is 3. The predicted octanol–water partition coefficient (Wildman–Crippen LogP) is 3.05. The van der Waals surface area contributed by atoms with Gasteiger partial charge in [0.2, 0.25) is 0 Å². The van der Waals surface area contributed by atoms with Crippen LogP contribution in [0.25, 0.3) is 0 Å². The number of hydrogen-bond donors (Lipinski definition) is 1. The van der Waals surface area contributed by atoms with Crippen LogP contribution in [0.15, 0.2) is 42.5 Å². The average molecular weight is 344 g/mol. The minimum absolute atomic E-state index is 0.00825. The Morgan fingerprint density at radius 3 is 2.36 bits per heavy atom. The summed E-state index contributed by atoms with van der Waals surface area (Å²) in [5.41, 5.74) is 0.583. The first-order valence-electron chi connectivity index (χ1n) is 8.33. The van der Waals surface area contributed by atoms with Crippen LogP contribution in [-0.4, -0.2) is 37.0 Å². The number of likely N-dealkylation sites (tertiary alicyclic amines) is 1. The Bertz CT molecular complexity index is 783. The number of nitrogens with zero attached hydrogens (tertiary/aromatic N) is 1. The van der Waals surface area contributed by atoms with Crippen LogP contribution in [0.1, 0.15) is 10.4 Å². The summed E-state index contributed by atoms with van der Waals surface area (Å²) in [7, 11) is 0. The highest BCUT2D eigenvalue weighted by molar-refractivity contribution is 5.94. The van der Waals surface area contributed by atoms with Gasteiger partial charge in [0.15, 0.2) is 11.6 Å². The molecule has 2 saturated heterocycles. The maximum Gasteiger partial charge on any atom is 0.253 e. The van der Waals surface area contributed by atoms with Crippen LogP contribution in [0.4, 0.5) is 8.78 Å². The van der Waals surface area contributed by atoms with E-state index in [4.69, 9.17) is 4.74 Å². The van der Waals surface area contributed by atoms with Gasteiger partial charge in [0, 0.05) is 37.8 Å². The Kier molecular flexibility index (Phi) is 4.13. The molecule has 0 aliphatic carbocycles. The minimum Gasteiger partial charge on any atom is -0.454 e. The van der Waals surface area contributed by atoms with Gasteiger partial charge in [0.05, 0.1) is 0 Å². The van der Waals surface area contributed by atoms with Gasteiger partial charge in [-0.15, -0.1) is 0 Å². The summed E-state index contributed by atoms with van der Waals surface area (Å²) in [6.45, 7) is 3.53. The largest absolute Gasteiger partial charge is 0.454 e. The SMILES string of the molecule is O=C(c1ccc(Oc2ccc(F)cc2F)cc1)N1C[C@H]2CNC[C@H]2C1. The Morgan fingerprint density at radius 2 is 1.72 bits per heavy atom. The molecule has 25 heavy (non-hydrogen) atoms. The Balaban J connectivity index is 1.44. The topological polar surface area (TPSA) is 41.6 Å². The molecule has 1 amide bonds. The molecule has 130 valence electrons. The molecule has 0 aromatic heterocycles. The van der Waals surface area contributed by atoms with Crippen molar-refractivity contribution in [3.8, 4) is 11.5 Å². The molecular formula is C19H18F2N2O2. The lowest BCUT2D eigenvalue weighted by atomic mass is 10.0. The van der Waals surface area contributed by atoms with Gasteiger partial charge in [-0.2, -0.15) is 0 Å². The number of ether oxygens (including phenoxy) is 1. The van der Waals surface area contributed by atoms with Crippen molar-refractivity contribution >= 4 is 5.91 Å². The number of nitrogens with one attached hydrogen (secondary N) is 1. The Labute approximate surface area is 144 Å². The van der Waals surface area contributed by atoms with Crippen molar-refractivity contribution in [2.45, 2.75) is 0 Å². The van der Waals surface area contributed by atoms with Gasteiger partial charge in [-0.3, -0.25) is 4.79 Å². The summed E-state index contributed by atoms with van der Waals surface area (Å²) < 4.78 is 32.0.